The lowest BCUT2D eigenvalue weighted by Gasteiger charge is -2.34. The lowest BCUT2D eigenvalue weighted by Crippen LogP contribution is -2.48. The van der Waals surface area contributed by atoms with E-state index in [0.29, 0.717) is 32.1 Å². The van der Waals surface area contributed by atoms with Crippen LogP contribution >= 0.6 is 0 Å². The predicted octanol–water partition coefficient (Wildman–Crippen LogP) is 3.09. The van der Waals surface area contributed by atoms with E-state index in [4.69, 9.17) is 5.10 Å². The van der Waals surface area contributed by atoms with Crippen LogP contribution in [0.1, 0.15) is 5.56 Å². The molecular weight excluding hydrogens is 414 g/mol. The first kappa shape index (κ1) is 20.6. The van der Waals surface area contributed by atoms with Crippen LogP contribution < -0.4 is 4.90 Å². The lowest BCUT2D eigenvalue weighted by molar-refractivity contribution is -0.126. The second-order valence-electron chi connectivity index (χ2n) is 7.65. The zero-order chi connectivity index (χ0) is 22.5. The van der Waals surface area contributed by atoms with E-state index >= 15 is 0 Å². The van der Waals surface area contributed by atoms with Crippen LogP contribution in [0.2, 0.25) is 0 Å². The first-order chi connectivity index (χ1) is 16.3. The number of carbonyl (C=O) groups is 1. The molecule has 4 aromatic rings. The molecule has 0 radical (unpaired) electrons. The van der Waals surface area contributed by atoms with Crippen LogP contribution in [-0.4, -0.2) is 61.7 Å². The number of hydrogen-bond acceptors (Lipinski definition) is 6. The fourth-order valence-electron chi connectivity index (χ4n) is 3.80. The van der Waals surface area contributed by atoms with Gasteiger partial charge in [0, 0.05) is 74.4 Å². The maximum Gasteiger partial charge on any atom is 0.246 e. The van der Waals surface area contributed by atoms with Crippen LogP contribution in [0.5, 0.6) is 0 Å². The van der Waals surface area contributed by atoms with Crippen molar-refractivity contribution in [2.24, 2.45) is 0 Å². The molecule has 1 saturated heterocycles. The zero-order valence-corrected chi connectivity index (χ0v) is 18.0. The molecule has 0 N–H and O–H groups in total. The van der Waals surface area contributed by atoms with Gasteiger partial charge < -0.3 is 9.80 Å². The van der Waals surface area contributed by atoms with Crippen molar-refractivity contribution in [2.45, 2.75) is 0 Å². The molecule has 4 heterocycles. The van der Waals surface area contributed by atoms with Gasteiger partial charge in [0.2, 0.25) is 11.9 Å². The van der Waals surface area contributed by atoms with Gasteiger partial charge in [0.15, 0.2) is 0 Å². The number of benzene rings is 1. The molecule has 8 nitrogen and oxygen atoms in total. The van der Waals surface area contributed by atoms with E-state index < -0.39 is 0 Å². The molecule has 1 aliphatic rings. The third-order valence-corrected chi connectivity index (χ3v) is 5.53. The summed E-state index contributed by atoms with van der Waals surface area (Å²) in [6.45, 7) is 2.66. The molecule has 1 aliphatic heterocycles. The quantitative estimate of drug-likeness (QED) is 0.447. The number of para-hydroxylation sites is 1. The number of aromatic nitrogens is 5. The van der Waals surface area contributed by atoms with Gasteiger partial charge >= 0.3 is 0 Å². The Morgan fingerprint density at radius 1 is 0.879 bits per heavy atom. The largest absolute Gasteiger partial charge is 0.337 e. The number of nitrogens with zero attached hydrogens (tertiary/aromatic N) is 7. The van der Waals surface area contributed by atoms with Crippen LogP contribution in [0.4, 0.5) is 5.95 Å². The Kier molecular flexibility index (Phi) is 5.88. The van der Waals surface area contributed by atoms with Crippen molar-refractivity contribution in [2.75, 3.05) is 31.1 Å². The summed E-state index contributed by atoms with van der Waals surface area (Å²) in [4.78, 5) is 29.6. The Hall–Kier alpha value is -4.33. The standard InChI is InChI=1S/C25H23N7O/c33-23(30-14-16-31(17-15-30)25-27-12-5-13-28-25)10-9-21-19-32(22-7-2-1-3-8-22)29-24(21)20-6-4-11-26-18-20/h1-13,18-19H,14-17H2. The monoisotopic (exact) mass is 437 g/mol. The summed E-state index contributed by atoms with van der Waals surface area (Å²) in [5.74, 6) is 0.683. The first-order valence-electron chi connectivity index (χ1n) is 10.8. The fourth-order valence-corrected chi connectivity index (χ4v) is 3.80. The van der Waals surface area contributed by atoms with E-state index in [9.17, 15) is 4.79 Å². The molecule has 0 bridgehead atoms. The zero-order valence-electron chi connectivity index (χ0n) is 18.0. The Bertz CT molecular complexity index is 1230. The summed E-state index contributed by atoms with van der Waals surface area (Å²) in [6, 6.07) is 15.6. The average molecular weight is 438 g/mol. The van der Waals surface area contributed by atoms with Crippen molar-refractivity contribution in [3.63, 3.8) is 0 Å². The normalized spacial score (nSPS) is 14.1. The van der Waals surface area contributed by atoms with Gasteiger partial charge in [0.25, 0.3) is 0 Å². The van der Waals surface area contributed by atoms with Gasteiger partial charge in [-0.1, -0.05) is 18.2 Å². The van der Waals surface area contributed by atoms with Crippen LogP contribution in [0.25, 0.3) is 23.0 Å². The topological polar surface area (TPSA) is 80.0 Å². The van der Waals surface area contributed by atoms with Crippen LogP contribution in [0.3, 0.4) is 0 Å². The average Bonchev–Trinajstić information content (AvgIpc) is 3.33. The highest BCUT2D eigenvalue weighted by atomic mass is 16.2. The third kappa shape index (κ3) is 4.64. The van der Waals surface area contributed by atoms with Crippen molar-refractivity contribution in [1.29, 1.82) is 0 Å². The Labute approximate surface area is 191 Å². The minimum atomic E-state index is -0.0202. The molecule has 1 aromatic carbocycles. The maximum absolute atomic E-state index is 12.9. The van der Waals surface area contributed by atoms with Gasteiger partial charge in [0.05, 0.1) is 5.69 Å². The maximum atomic E-state index is 12.9. The van der Waals surface area contributed by atoms with Crippen LogP contribution in [-0.2, 0) is 4.79 Å². The minimum absolute atomic E-state index is 0.0202. The van der Waals surface area contributed by atoms with Crippen molar-refractivity contribution >= 4 is 17.9 Å². The molecule has 5 rings (SSSR count). The molecule has 1 amide bonds. The summed E-state index contributed by atoms with van der Waals surface area (Å²) in [7, 11) is 0. The molecule has 0 unspecified atom stereocenters. The van der Waals surface area contributed by atoms with Crippen LogP contribution in [0, 0.1) is 0 Å². The van der Waals surface area contributed by atoms with Gasteiger partial charge in [-0.3, -0.25) is 9.78 Å². The molecular formula is C25H23N7O. The van der Waals surface area contributed by atoms with E-state index in [0.717, 1.165) is 22.5 Å². The van der Waals surface area contributed by atoms with Crippen molar-refractivity contribution in [1.82, 2.24) is 29.6 Å². The number of pyridine rings is 1. The van der Waals surface area contributed by atoms with Gasteiger partial charge in [-0.2, -0.15) is 5.10 Å². The molecule has 164 valence electrons. The third-order valence-electron chi connectivity index (χ3n) is 5.53. The first-order valence-corrected chi connectivity index (χ1v) is 10.8. The van der Waals surface area contributed by atoms with E-state index in [1.165, 1.54) is 0 Å². The summed E-state index contributed by atoms with van der Waals surface area (Å²) in [5, 5.41) is 4.76. The summed E-state index contributed by atoms with van der Waals surface area (Å²) >= 11 is 0. The highest BCUT2D eigenvalue weighted by Crippen LogP contribution is 2.24. The predicted molar refractivity (Wildman–Crippen MR) is 127 cm³/mol. The smallest absolute Gasteiger partial charge is 0.246 e. The van der Waals surface area contributed by atoms with Crippen molar-refractivity contribution in [3.05, 3.63) is 91.2 Å². The summed E-state index contributed by atoms with van der Waals surface area (Å²) < 4.78 is 1.82. The van der Waals surface area contributed by atoms with Gasteiger partial charge in [-0.25, -0.2) is 14.6 Å². The van der Waals surface area contributed by atoms with Gasteiger partial charge in [-0.05, 0) is 36.4 Å². The van der Waals surface area contributed by atoms with E-state index in [1.54, 1.807) is 36.9 Å². The molecule has 0 spiro atoms. The van der Waals surface area contributed by atoms with Crippen LogP contribution in [0.15, 0.2) is 85.6 Å². The molecule has 8 heteroatoms. The molecule has 1 fully saturated rings. The van der Waals surface area contributed by atoms with E-state index in [1.807, 2.05) is 64.3 Å². The van der Waals surface area contributed by atoms with Gasteiger partial charge in [-0.15, -0.1) is 0 Å². The Balaban J connectivity index is 1.33. The molecule has 0 atom stereocenters. The molecule has 0 aliphatic carbocycles. The Morgan fingerprint density at radius 3 is 2.39 bits per heavy atom. The highest BCUT2D eigenvalue weighted by molar-refractivity contribution is 5.93. The fraction of sp³-hybridized carbons (Fsp3) is 0.160. The summed E-state index contributed by atoms with van der Waals surface area (Å²) in [6.07, 6.45) is 12.4. The Morgan fingerprint density at radius 2 is 1.67 bits per heavy atom. The molecule has 3 aromatic heterocycles. The second-order valence-corrected chi connectivity index (χ2v) is 7.65. The van der Waals surface area contributed by atoms with Crippen molar-refractivity contribution in [3.8, 4) is 16.9 Å². The molecule has 0 saturated carbocycles. The number of carbonyl (C=O) groups excluding carboxylic acids is 1. The second kappa shape index (κ2) is 9.44. The van der Waals surface area contributed by atoms with Gasteiger partial charge in [0.1, 0.15) is 5.69 Å². The highest BCUT2D eigenvalue weighted by Gasteiger charge is 2.21. The van der Waals surface area contributed by atoms with Crippen molar-refractivity contribution < 1.29 is 4.79 Å². The number of hydrogen-bond donors (Lipinski definition) is 0. The minimum Gasteiger partial charge on any atom is -0.337 e. The number of piperazine rings is 1. The summed E-state index contributed by atoms with van der Waals surface area (Å²) in [5.41, 5.74) is 3.49. The van der Waals surface area contributed by atoms with E-state index in [-0.39, 0.29) is 5.91 Å². The molecule has 33 heavy (non-hydrogen) atoms. The number of rotatable bonds is 5. The number of amides is 1. The lowest BCUT2D eigenvalue weighted by atomic mass is 10.1. The number of anilines is 1. The SMILES string of the molecule is O=C(C=Cc1cn(-c2ccccc2)nc1-c1cccnc1)N1CCN(c2ncccn2)CC1. The van der Waals surface area contributed by atoms with E-state index in [2.05, 4.69) is 19.9 Å².